The molecule has 7 aromatic rings. The number of nitrogens with zero attached hydrogens (tertiary/aromatic N) is 1. The molecule has 4 bridgehead atoms. The lowest BCUT2D eigenvalue weighted by atomic mass is 9.43. The maximum absolute atomic E-state index is 2.64. The van der Waals surface area contributed by atoms with Crippen LogP contribution in [-0.2, 0) is 16.2 Å². The van der Waals surface area contributed by atoms with Gasteiger partial charge in [0, 0.05) is 16.8 Å². The second-order valence-electron chi connectivity index (χ2n) is 20.8. The molecule has 4 fully saturated rings. The molecule has 0 atom stereocenters. The molecule has 1 spiro atoms. The first-order chi connectivity index (χ1) is 29.7. The predicted molar refractivity (Wildman–Crippen MR) is 256 cm³/mol. The van der Waals surface area contributed by atoms with Gasteiger partial charge in [0.15, 0.2) is 0 Å². The summed E-state index contributed by atoms with van der Waals surface area (Å²) in [5, 5.41) is 0. The molecule has 61 heavy (non-hydrogen) atoms. The molecule has 13 rings (SSSR count). The van der Waals surface area contributed by atoms with Crippen LogP contribution in [0.5, 0.6) is 0 Å². The van der Waals surface area contributed by atoms with Gasteiger partial charge in [0.05, 0.1) is 5.69 Å². The number of rotatable bonds is 6. The van der Waals surface area contributed by atoms with Crippen LogP contribution in [0.3, 0.4) is 0 Å². The molecule has 0 radical (unpaired) electrons. The molecule has 0 saturated heterocycles. The van der Waals surface area contributed by atoms with Gasteiger partial charge in [0.25, 0.3) is 0 Å². The van der Waals surface area contributed by atoms with Crippen LogP contribution in [0.4, 0.5) is 17.1 Å². The Morgan fingerprint density at radius 2 is 0.934 bits per heavy atom. The summed E-state index contributed by atoms with van der Waals surface area (Å²) in [6.07, 6.45) is 9.44. The highest BCUT2D eigenvalue weighted by Gasteiger charge is 2.61. The molecule has 1 nitrogen and oxygen atoms in total. The maximum atomic E-state index is 2.64. The normalized spacial score (nSPS) is 24.6. The molecular weight excluding hydrogens is 735 g/mol. The zero-order valence-electron chi connectivity index (χ0n) is 36.3. The van der Waals surface area contributed by atoms with Crippen molar-refractivity contribution in [3.8, 4) is 44.5 Å². The van der Waals surface area contributed by atoms with Crippen LogP contribution in [0.15, 0.2) is 164 Å². The van der Waals surface area contributed by atoms with E-state index < -0.39 is 0 Å². The second kappa shape index (κ2) is 13.7. The quantitative estimate of drug-likeness (QED) is 0.162. The fourth-order valence-electron chi connectivity index (χ4n) is 13.8. The molecule has 1 heteroatoms. The molecular formula is C60H57N. The maximum Gasteiger partial charge on any atom is 0.0502 e. The van der Waals surface area contributed by atoms with Gasteiger partial charge in [-0.05, 0) is 189 Å². The molecule has 0 amide bonds. The zero-order valence-corrected chi connectivity index (χ0v) is 36.3. The number of anilines is 3. The number of fused-ring (bicyclic) bond motifs is 4. The lowest BCUT2D eigenvalue weighted by Gasteiger charge is -2.61. The number of hydrogen-bond donors (Lipinski definition) is 0. The summed E-state index contributed by atoms with van der Waals surface area (Å²) >= 11 is 0. The Kier molecular flexibility index (Phi) is 8.32. The molecule has 0 unspecified atom stereocenters. The lowest BCUT2D eigenvalue weighted by molar-refractivity contribution is -0.0399. The highest BCUT2D eigenvalue weighted by atomic mass is 15.1. The summed E-state index contributed by atoms with van der Waals surface area (Å²) in [5.74, 6) is 3.39. The summed E-state index contributed by atoms with van der Waals surface area (Å²) < 4.78 is 0. The third kappa shape index (κ3) is 5.72. The Morgan fingerprint density at radius 1 is 0.393 bits per heavy atom. The summed E-state index contributed by atoms with van der Waals surface area (Å²) in [6, 6.07) is 62.7. The number of hydrogen-bond acceptors (Lipinski definition) is 1. The Morgan fingerprint density at radius 3 is 1.59 bits per heavy atom. The van der Waals surface area contributed by atoms with E-state index >= 15 is 0 Å². The highest BCUT2D eigenvalue weighted by Crippen LogP contribution is 2.69. The van der Waals surface area contributed by atoms with Gasteiger partial charge in [-0.1, -0.05) is 149 Å². The minimum absolute atomic E-state index is 0.0226. The molecule has 0 N–H and O–H groups in total. The van der Waals surface area contributed by atoms with Gasteiger partial charge >= 0.3 is 0 Å². The fourth-order valence-corrected chi connectivity index (χ4v) is 13.8. The summed E-state index contributed by atoms with van der Waals surface area (Å²) in [5.41, 5.74) is 20.7. The summed E-state index contributed by atoms with van der Waals surface area (Å²) in [7, 11) is 0. The third-order valence-electron chi connectivity index (χ3n) is 16.5. The average Bonchev–Trinajstić information content (AvgIpc) is 3.58. The Hall–Kier alpha value is -5.66. The van der Waals surface area contributed by atoms with Crippen molar-refractivity contribution >= 4 is 17.1 Å². The summed E-state index contributed by atoms with van der Waals surface area (Å²) in [6.45, 7) is 9.81. The Labute approximate surface area is 363 Å². The van der Waals surface area contributed by atoms with Crippen molar-refractivity contribution in [3.05, 3.63) is 186 Å². The van der Waals surface area contributed by atoms with E-state index in [9.17, 15) is 0 Å². The fraction of sp³-hybridized carbons (Fsp3) is 0.300. The largest absolute Gasteiger partial charge is 0.310 e. The van der Waals surface area contributed by atoms with Gasteiger partial charge in [-0.15, -0.1) is 0 Å². The SMILES string of the molecule is CC1(C)CCC(C)(C)c2c(N(c3ccc(-c4ccc5c(c4)C4(c6ccccc6-5)C5CC6CC(C5)CC4C6)cc3)c3cc(-c4ccccc4)cc(-c4ccccc4)c3)cccc21. The van der Waals surface area contributed by atoms with Crippen molar-refractivity contribution in [2.24, 2.45) is 23.7 Å². The van der Waals surface area contributed by atoms with E-state index in [-0.39, 0.29) is 16.2 Å². The van der Waals surface area contributed by atoms with Gasteiger partial charge in [0.2, 0.25) is 0 Å². The van der Waals surface area contributed by atoms with E-state index in [0.29, 0.717) is 0 Å². The van der Waals surface area contributed by atoms with E-state index in [1.165, 1.54) is 111 Å². The average molecular weight is 792 g/mol. The van der Waals surface area contributed by atoms with Crippen LogP contribution in [0.25, 0.3) is 44.5 Å². The van der Waals surface area contributed by atoms with Crippen LogP contribution >= 0.6 is 0 Å². The molecule has 4 saturated carbocycles. The second-order valence-corrected chi connectivity index (χ2v) is 20.8. The van der Waals surface area contributed by atoms with E-state index in [2.05, 4.69) is 196 Å². The first-order valence-electron chi connectivity index (χ1n) is 23.2. The lowest BCUT2D eigenvalue weighted by Crippen LogP contribution is -2.55. The van der Waals surface area contributed by atoms with E-state index in [1.807, 2.05) is 0 Å². The standard InChI is InChI=1S/C60H57N/c1-58(2)28-29-59(3,4)57-54(58)20-13-21-56(57)61(50-36-45(41-14-7-5-8-15-41)35-46(37-50)42-16-9-6-10-17-42)49-25-22-43(23-26-49)44-24-27-52-51-18-11-12-19-53(51)60(55(52)38-44)47-31-39-30-40(33-47)34-48(60)32-39/h5-27,35-40,47-48H,28-34H2,1-4H3. The van der Waals surface area contributed by atoms with Gasteiger partial charge in [0.1, 0.15) is 0 Å². The van der Waals surface area contributed by atoms with Crippen LogP contribution in [0, 0.1) is 23.7 Å². The topological polar surface area (TPSA) is 3.24 Å². The molecule has 0 heterocycles. The Balaban J connectivity index is 1.02. The molecule has 6 aliphatic rings. The summed E-state index contributed by atoms with van der Waals surface area (Å²) in [4.78, 5) is 2.58. The van der Waals surface area contributed by atoms with Crippen LogP contribution in [0.2, 0.25) is 0 Å². The van der Waals surface area contributed by atoms with Crippen LogP contribution in [-0.4, -0.2) is 0 Å². The first kappa shape index (κ1) is 37.1. The van der Waals surface area contributed by atoms with Crippen molar-refractivity contribution in [2.75, 3.05) is 4.90 Å². The van der Waals surface area contributed by atoms with Gasteiger partial charge < -0.3 is 4.90 Å². The van der Waals surface area contributed by atoms with Gasteiger partial charge in [-0.2, -0.15) is 0 Å². The Bertz CT molecular complexity index is 2720. The molecule has 0 aromatic heterocycles. The highest BCUT2D eigenvalue weighted by molar-refractivity contribution is 5.88. The van der Waals surface area contributed by atoms with Crippen LogP contribution < -0.4 is 4.90 Å². The molecule has 7 aromatic carbocycles. The monoisotopic (exact) mass is 791 g/mol. The van der Waals surface area contributed by atoms with Crippen LogP contribution in [0.1, 0.15) is 94.9 Å². The number of benzene rings is 7. The third-order valence-corrected chi connectivity index (χ3v) is 16.5. The smallest absolute Gasteiger partial charge is 0.0502 e. The van der Waals surface area contributed by atoms with Crippen molar-refractivity contribution in [1.29, 1.82) is 0 Å². The minimum atomic E-state index is 0.0226. The zero-order chi connectivity index (χ0) is 41.1. The first-order valence-corrected chi connectivity index (χ1v) is 23.2. The molecule has 0 aliphatic heterocycles. The molecule has 6 aliphatic carbocycles. The van der Waals surface area contributed by atoms with Gasteiger partial charge in [-0.3, -0.25) is 0 Å². The molecule has 302 valence electrons. The van der Waals surface area contributed by atoms with Crippen molar-refractivity contribution in [3.63, 3.8) is 0 Å². The van der Waals surface area contributed by atoms with Gasteiger partial charge in [-0.25, -0.2) is 0 Å². The van der Waals surface area contributed by atoms with Crippen molar-refractivity contribution in [1.82, 2.24) is 0 Å². The van der Waals surface area contributed by atoms with E-state index in [1.54, 1.807) is 11.1 Å². The van der Waals surface area contributed by atoms with E-state index in [4.69, 9.17) is 0 Å². The van der Waals surface area contributed by atoms with Crippen molar-refractivity contribution in [2.45, 2.75) is 88.9 Å². The van der Waals surface area contributed by atoms with Crippen molar-refractivity contribution < 1.29 is 0 Å². The minimum Gasteiger partial charge on any atom is -0.310 e. The predicted octanol–water partition coefficient (Wildman–Crippen LogP) is 16.2. The van der Waals surface area contributed by atoms with E-state index in [0.717, 1.165) is 30.1 Å².